The maximum Gasteiger partial charge on any atom is 0.338 e. The molecule has 0 radical (unpaired) electrons. The van der Waals surface area contributed by atoms with Gasteiger partial charge in [0.15, 0.2) is 5.16 Å². The van der Waals surface area contributed by atoms with Crippen molar-refractivity contribution >= 4 is 52.3 Å². The lowest BCUT2D eigenvalue weighted by Crippen LogP contribution is -2.14. The molecule has 8 heteroatoms. The van der Waals surface area contributed by atoms with Gasteiger partial charge in [0.2, 0.25) is 0 Å². The number of anilines is 1. The second kappa shape index (κ2) is 12.0. The van der Waals surface area contributed by atoms with E-state index in [0.717, 1.165) is 33.0 Å². The molecule has 0 unspecified atom stereocenters. The first-order valence-electron chi connectivity index (χ1n) is 12.0. The summed E-state index contributed by atoms with van der Waals surface area (Å²) in [5.74, 6) is 0.641. The Bertz CT molecular complexity index is 1580. The minimum Gasteiger partial charge on any atom is -0.465 e. The molecule has 0 aliphatic carbocycles. The lowest BCUT2D eigenvalue weighted by Gasteiger charge is -2.12. The number of ether oxygens (including phenoxy) is 1. The third kappa shape index (κ3) is 5.77. The number of hydrogen-bond donors (Lipinski definition) is 1. The largest absolute Gasteiger partial charge is 0.465 e. The van der Waals surface area contributed by atoms with Gasteiger partial charge in [-0.2, -0.15) is 0 Å². The minimum absolute atomic E-state index is 0.142. The summed E-state index contributed by atoms with van der Waals surface area (Å²) in [4.78, 5) is 30.1. The summed E-state index contributed by atoms with van der Waals surface area (Å²) in [5.41, 5.74) is 5.63. The quantitative estimate of drug-likeness (QED) is 0.160. The van der Waals surface area contributed by atoms with Crippen molar-refractivity contribution in [3.63, 3.8) is 0 Å². The summed E-state index contributed by atoms with van der Waals surface area (Å²) in [7, 11) is 1.39. The number of nitrogens with zero attached hydrogens (tertiary/aromatic N) is 2. The number of nitrogens with one attached hydrogen (secondary N) is 1. The second-order valence-corrected chi connectivity index (χ2v) is 10.2. The Morgan fingerprint density at radius 3 is 2.18 bits per heavy atom. The van der Waals surface area contributed by atoms with Crippen molar-refractivity contribution in [2.75, 3.05) is 12.4 Å². The molecule has 1 aromatic heterocycles. The Hall–Kier alpha value is -4.01. The summed E-state index contributed by atoms with van der Waals surface area (Å²) >= 11 is 3.15. The number of carbonyl (C=O) groups excluding carboxylic acids is 2. The predicted octanol–water partition coefficient (Wildman–Crippen LogP) is 7.06. The van der Waals surface area contributed by atoms with Crippen LogP contribution in [0, 0.1) is 0 Å². The number of thioether (sulfide) groups is 1. The van der Waals surface area contributed by atoms with Gasteiger partial charge in [-0.25, -0.2) is 9.78 Å². The molecule has 0 aliphatic heterocycles. The summed E-state index contributed by atoms with van der Waals surface area (Å²) in [6.07, 6.45) is 0. The number of aromatic nitrogens is 2. The number of carbonyl (C=O) groups is 2. The van der Waals surface area contributed by atoms with E-state index in [1.165, 1.54) is 7.11 Å². The molecular formula is C30H25N3O3S2. The molecule has 1 amide bonds. The summed E-state index contributed by atoms with van der Waals surface area (Å²) in [5, 5.41) is 3.80. The molecule has 0 aliphatic rings. The predicted molar refractivity (Wildman–Crippen MR) is 155 cm³/mol. The molecule has 5 rings (SSSR count). The Kier molecular flexibility index (Phi) is 8.11. The normalized spacial score (nSPS) is 10.9. The Balaban J connectivity index is 1.38. The fourth-order valence-electron chi connectivity index (χ4n) is 4.02. The van der Waals surface area contributed by atoms with Gasteiger partial charge in [-0.3, -0.25) is 8.77 Å². The standard InChI is InChI=1S/C30H25N3O3S2/c1-36-29(35)25-16-8-6-11-21(25)19-37-30-32-26-17-9-10-18-27(26)33(30)38-20-22-12-5-7-15-24(22)28(34)31-23-13-3-2-4-14-23/h2-18H,19-20H2,1H3,(H,31,34). The highest BCUT2D eigenvalue weighted by molar-refractivity contribution is 8.00. The SMILES string of the molecule is COC(=O)c1ccccc1CSc1nc2ccccc2n1SCc1ccccc1C(=O)Nc1ccccc1. The van der Waals surface area contributed by atoms with E-state index in [1.54, 1.807) is 29.8 Å². The molecule has 1 heterocycles. The molecule has 0 fully saturated rings. The zero-order valence-corrected chi connectivity index (χ0v) is 22.3. The molecule has 0 bridgehead atoms. The monoisotopic (exact) mass is 539 g/mol. The van der Waals surface area contributed by atoms with Crippen LogP contribution in [0.3, 0.4) is 0 Å². The zero-order chi connectivity index (χ0) is 26.3. The van der Waals surface area contributed by atoms with Gasteiger partial charge >= 0.3 is 5.97 Å². The summed E-state index contributed by atoms with van der Waals surface area (Å²) in [6.45, 7) is 0. The van der Waals surface area contributed by atoms with Gasteiger partial charge in [0.05, 0.1) is 23.7 Å². The van der Waals surface area contributed by atoms with Gasteiger partial charge in [-0.15, -0.1) is 0 Å². The summed E-state index contributed by atoms with van der Waals surface area (Å²) < 4.78 is 7.05. The van der Waals surface area contributed by atoms with E-state index in [1.807, 2.05) is 97.1 Å². The minimum atomic E-state index is -0.352. The van der Waals surface area contributed by atoms with Gasteiger partial charge in [0, 0.05) is 22.8 Å². The lowest BCUT2D eigenvalue weighted by atomic mass is 10.1. The van der Waals surface area contributed by atoms with Crippen molar-refractivity contribution in [1.29, 1.82) is 0 Å². The van der Waals surface area contributed by atoms with Crippen molar-refractivity contribution in [3.8, 4) is 0 Å². The van der Waals surface area contributed by atoms with Crippen molar-refractivity contribution < 1.29 is 14.3 Å². The summed E-state index contributed by atoms with van der Waals surface area (Å²) in [6, 6.07) is 32.5. The highest BCUT2D eigenvalue weighted by Gasteiger charge is 2.17. The van der Waals surface area contributed by atoms with Crippen LogP contribution in [0.15, 0.2) is 108 Å². The Morgan fingerprint density at radius 2 is 1.42 bits per heavy atom. The van der Waals surface area contributed by atoms with Crippen LogP contribution in [0.5, 0.6) is 0 Å². The van der Waals surface area contributed by atoms with Crippen molar-refractivity contribution in [3.05, 3.63) is 125 Å². The fraction of sp³-hybridized carbons (Fsp3) is 0.100. The Morgan fingerprint density at radius 1 is 0.789 bits per heavy atom. The number of benzene rings is 4. The van der Waals surface area contributed by atoms with Crippen LogP contribution in [-0.2, 0) is 16.2 Å². The van der Waals surface area contributed by atoms with Gasteiger partial charge in [-0.1, -0.05) is 78.5 Å². The molecule has 5 aromatic rings. The van der Waals surface area contributed by atoms with Crippen molar-refractivity contribution in [1.82, 2.24) is 8.96 Å². The van der Waals surface area contributed by atoms with Gasteiger partial charge in [-0.05, 0) is 59.5 Å². The molecule has 1 N–H and O–H groups in total. The molecule has 6 nitrogen and oxygen atoms in total. The van der Waals surface area contributed by atoms with Crippen LogP contribution < -0.4 is 5.32 Å². The number of hydrogen-bond acceptors (Lipinski definition) is 6. The van der Waals surface area contributed by atoms with Crippen LogP contribution in [0.25, 0.3) is 11.0 Å². The highest BCUT2D eigenvalue weighted by Crippen LogP contribution is 2.33. The molecular weight excluding hydrogens is 514 g/mol. The first-order valence-corrected chi connectivity index (χ1v) is 13.9. The number of methoxy groups -OCH3 is 1. The van der Waals surface area contributed by atoms with E-state index >= 15 is 0 Å². The molecule has 4 aromatic carbocycles. The zero-order valence-electron chi connectivity index (χ0n) is 20.7. The average molecular weight is 540 g/mol. The van der Waals surface area contributed by atoms with Crippen LogP contribution in [0.2, 0.25) is 0 Å². The average Bonchev–Trinajstić information content (AvgIpc) is 3.32. The van der Waals surface area contributed by atoms with E-state index in [9.17, 15) is 9.59 Å². The van der Waals surface area contributed by atoms with Crippen LogP contribution in [0.4, 0.5) is 5.69 Å². The molecule has 0 atom stereocenters. The molecule has 0 saturated heterocycles. The lowest BCUT2D eigenvalue weighted by molar-refractivity contribution is 0.0599. The van der Waals surface area contributed by atoms with E-state index in [4.69, 9.17) is 9.72 Å². The number of esters is 1. The number of amides is 1. The molecule has 0 saturated carbocycles. The molecule has 38 heavy (non-hydrogen) atoms. The van der Waals surface area contributed by atoms with Crippen molar-refractivity contribution in [2.24, 2.45) is 0 Å². The van der Waals surface area contributed by atoms with Crippen LogP contribution >= 0.6 is 23.7 Å². The maximum atomic E-state index is 13.1. The first-order chi connectivity index (χ1) is 18.6. The molecule has 0 spiro atoms. The van der Waals surface area contributed by atoms with Gasteiger partial charge in [0.25, 0.3) is 5.91 Å². The van der Waals surface area contributed by atoms with Gasteiger partial charge in [0.1, 0.15) is 0 Å². The number of para-hydroxylation sites is 3. The molecule has 190 valence electrons. The Labute approximate surface area is 229 Å². The van der Waals surface area contributed by atoms with E-state index in [-0.39, 0.29) is 11.9 Å². The van der Waals surface area contributed by atoms with Crippen LogP contribution in [0.1, 0.15) is 31.8 Å². The highest BCUT2D eigenvalue weighted by atomic mass is 32.2. The topological polar surface area (TPSA) is 73.2 Å². The van der Waals surface area contributed by atoms with E-state index in [0.29, 0.717) is 22.6 Å². The number of fused-ring (bicyclic) bond motifs is 1. The third-order valence-corrected chi connectivity index (χ3v) is 8.08. The van der Waals surface area contributed by atoms with Crippen LogP contribution in [-0.4, -0.2) is 27.9 Å². The van der Waals surface area contributed by atoms with E-state index in [2.05, 4.69) is 9.29 Å². The first kappa shape index (κ1) is 25.6. The smallest absolute Gasteiger partial charge is 0.338 e. The number of rotatable bonds is 9. The maximum absolute atomic E-state index is 13.1. The van der Waals surface area contributed by atoms with E-state index < -0.39 is 0 Å². The van der Waals surface area contributed by atoms with Crippen molar-refractivity contribution in [2.45, 2.75) is 16.7 Å². The third-order valence-electron chi connectivity index (χ3n) is 5.91. The van der Waals surface area contributed by atoms with Gasteiger partial charge < -0.3 is 10.1 Å². The number of imidazole rings is 1. The fourth-order valence-corrected chi connectivity index (χ4v) is 6.21. The second-order valence-electron chi connectivity index (χ2n) is 8.37.